The minimum atomic E-state index is -0.298. The predicted octanol–water partition coefficient (Wildman–Crippen LogP) is 3.41. The van der Waals surface area contributed by atoms with Crippen molar-refractivity contribution in [1.82, 2.24) is 20.5 Å². The molecule has 0 aliphatic carbocycles. The molecule has 1 aromatic heterocycles. The number of nitrogens with zero attached hydrogens (tertiary/aromatic N) is 3. The largest absolute Gasteiger partial charge is 0.439 e. The van der Waals surface area contributed by atoms with Crippen LogP contribution in [-0.2, 0) is 11.3 Å². The third-order valence-corrected chi connectivity index (χ3v) is 4.83. The van der Waals surface area contributed by atoms with Crippen LogP contribution in [-0.4, -0.2) is 61.3 Å². The molecule has 9 heteroatoms. The molecule has 0 saturated carbocycles. The second-order valence-electron chi connectivity index (χ2n) is 7.13. The Balaban J connectivity index is 0.00000341. The third-order valence-electron chi connectivity index (χ3n) is 4.83. The van der Waals surface area contributed by atoms with Gasteiger partial charge in [-0.15, -0.1) is 24.0 Å². The Morgan fingerprint density at radius 1 is 1.19 bits per heavy atom. The van der Waals surface area contributed by atoms with E-state index in [9.17, 15) is 4.39 Å². The summed E-state index contributed by atoms with van der Waals surface area (Å²) in [5.74, 6) is 1.48. The van der Waals surface area contributed by atoms with E-state index < -0.39 is 0 Å². The van der Waals surface area contributed by atoms with Gasteiger partial charge in [0.2, 0.25) is 5.88 Å². The van der Waals surface area contributed by atoms with Gasteiger partial charge in [0, 0.05) is 44.5 Å². The molecule has 1 aliphatic heterocycles. The number of nitrogens with one attached hydrogen (secondary N) is 2. The molecule has 1 aromatic carbocycles. The minimum absolute atomic E-state index is 0. The second kappa shape index (κ2) is 13.4. The number of morpholine rings is 1. The van der Waals surface area contributed by atoms with Crippen molar-refractivity contribution in [3.8, 4) is 11.6 Å². The normalized spacial score (nSPS) is 15.6. The van der Waals surface area contributed by atoms with Crippen LogP contribution in [0.4, 0.5) is 4.39 Å². The molecule has 2 N–H and O–H groups in total. The molecule has 1 aliphatic rings. The van der Waals surface area contributed by atoms with Crippen LogP contribution in [0, 0.1) is 5.82 Å². The summed E-state index contributed by atoms with van der Waals surface area (Å²) < 4.78 is 24.0. The van der Waals surface area contributed by atoms with E-state index in [2.05, 4.69) is 32.4 Å². The quantitative estimate of drug-likeness (QED) is 0.302. The van der Waals surface area contributed by atoms with Crippen molar-refractivity contribution in [2.75, 3.05) is 39.4 Å². The van der Waals surface area contributed by atoms with Gasteiger partial charge >= 0.3 is 0 Å². The summed E-state index contributed by atoms with van der Waals surface area (Å²) in [6.45, 7) is 9.90. The molecular formula is C22H31FIN5O2. The van der Waals surface area contributed by atoms with Gasteiger partial charge < -0.3 is 20.1 Å². The topological polar surface area (TPSA) is 71.0 Å². The van der Waals surface area contributed by atoms with E-state index in [4.69, 9.17) is 9.47 Å². The molecule has 0 radical (unpaired) electrons. The molecule has 1 saturated heterocycles. The number of pyridine rings is 1. The first-order chi connectivity index (χ1) is 14.6. The van der Waals surface area contributed by atoms with E-state index in [-0.39, 0.29) is 29.8 Å². The van der Waals surface area contributed by atoms with Gasteiger partial charge in [0.25, 0.3) is 0 Å². The summed E-state index contributed by atoms with van der Waals surface area (Å²) in [7, 11) is 0. The number of hydrogen-bond donors (Lipinski definition) is 2. The van der Waals surface area contributed by atoms with Gasteiger partial charge in [0.1, 0.15) is 11.6 Å². The lowest BCUT2D eigenvalue weighted by atomic mass is 10.2. The molecular weight excluding hydrogens is 512 g/mol. The Morgan fingerprint density at radius 3 is 2.58 bits per heavy atom. The van der Waals surface area contributed by atoms with Gasteiger partial charge in [-0.3, -0.25) is 4.90 Å². The highest BCUT2D eigenvalue weighted by molar-refractivity contribution is 14.0. The zero-order chi connectivity index (χ0) is 21.2. The Labute approximate surface area is 200 Å². The van der Waals surface area contributed by atoms with E-state index in [0.29, 0.717) is 24.2 Å². The smallest absolute Gasteiger partial charge is 0.219 e. The fraction of sp³-hybridized carbons (Fsp3) is 0.455. The Hall–Kier alpha value is -1.98. The van der Waals surface area contributed by atoms with Crippen molar-refractivity contribution >= 4 is 29.9 Å². The van der Waals surface area contributed by atoms with Crippen LogP contribution in [0.2, 0.25) is 0 Å². The molecule has 2 heterocycles. The number of rotatable bonds is 8. The molecule has 170 valence electrons. The number of hydrogen-bond acceptors (Lipinski definition) is 5. The lowest BCUT2D eigenvalue weighted by Crippen LogP contribution is -2.49. The Kier molecular flexibility index (Phi) is 11.0. The van der Waals surface area contributed by atoms with Crippen LogP contribution in [0.25, 0.3) is 0 Å². The standard InChI is InChI=1S/C22H30FN5O2.HI/c1-3-24-22(26-14-17(2)28-10-12-29-13-11-28)27-16-18-4-9-21(25-15-18)30-20-7-5-19(23)6-8-20;/h4-9,15,17H,3,10-14,16H2,1-2H3,(H2,24,26,27);1H. The summed E-state index contributed by atoms with van der Waals surface area (Å²) in [6.07, 6.45) is 1.74. The van der Waals surface area contributed by atoms with Crippen LogP contribution >= 0.6 is 24.0 Å². The zero-order valence-corrected chi connectivity index (χ0v) is 20.3. The SMILES string of the molecule is CCNC(=NCc1ccc(Oc2ccc(F)cc2)nc1)NCC(C)N1CCOCC1.I. The monoisotopic (exact) mass is 543 g/mol. The maximum absolute atomic E-state index is 13.0. The number of aromatic nitrogens is 1. The number of aliphatic imine (C=N–C) groups is 1. The summed E-state index contributed by atoms with van der Waals surface area (Å²) >= 11 is 0. The Morgan fingerprint density at radius 2 is 1.94 bits per heavy atom. The first kappa shape index (κ1) is 25.3. The average molecular weight is 543 g/mol. The van der Waals surface area contributed by atoms with Crippen molar-refractivity contribution in [2.45, 2.75) is 26.4 Å². The number of halogens is 2. The third kappa shape index (κ3) is 8.58. The van der Waals surface area contributed by atoms with Crippen LogP contribution in [0.15, 0.2) is 47.6 Å². The summed E-state index contributed by atoms with van der Waals surface area (Å²) in [5.41, 5.74) is 0.972. The van der Waals surface area contributed by atoms with E-state index >= 15 is 0 Å². The van der Waals surface area contributed by atoms with Crippen LogP contribution in [0.3, 0.4) is 0 Å². The average Bonchev–Trinajstić information content (AvgIpc) is 2.78. The molecule has 31 heavy (non-hydrogen) atoms. The number of benzene rings is 1. The van der Waals surface area contributed by atoms with Crippen LogP contribution in [0.1, 0.15) is 19.4 Å². The predicted molar refractivity (Wildman–Crippen MR) is 131 cm³/mol. The van der Waals surface area contributed by atoms with Gasteiger partial charge in [-0.05, 0) is 43.7 Å². The van der Waals surface area contributed by atoms with Crippen molar-refractivity contribution < 1.29 is 13.9 Å². The summed E-state index contributed by atoms with van der Waals surface area (Å²) in [4.78, 5) is 11.4. The van der Waals surface area contributed by atoms with E-state index in [0.717, 1.165) is 50.9 Å². The fourth-order valence-corrected chi connectivity index (χ4v) is 3.09. The zero-order valence-electron chi connectivity index (χ0n) is 18.0. The van der Waals surface area contributed by atoms with Crippen molar-refractivity contribution in [1.29, 1.82) is 0 Å². The highest BCUT2D eigenvalue weighted by atomic mass is 127. The molecule has 7 nitrogen and oxygen atoms in total. The fourth-order valence-electron chi connectivity index (χ4n) is 3.09. The van der Waals surface area contributed by atoms with Crippen molar-refractivity contribution in [3.63, 3.8) is 0 Å². The van der Waals surface area contributed by atoms with Gasteiger partial charge in [-0.25, -0.2) is 14.4 Å². The van der Waals surface area contributed by atoms with Crippen molar-refractivity contribution in [3.05, 3.63) is 54.0 Å². The molecule has 0 spiro atoms. The first-order valence-corrected chi connectivity index (χ1v) is 10.4. The second-order valence-corrected chi connectivity index (χ2v) is 7.13. The van der Waals surface area contributed by atoms with E-state index in [1.807, 2.05) is 13.0 Å². The lowest BCUT2D eigenvalue weighted by molar-refractivity contribution is 0.0211. The maximum Gasteiger partial charge on any atom is 0.219 e. The van der Waals surface area contributed by atoms with E-state index in [1.54, 1.807) is 24.4 Å². The molecule has 1 atom stereocenters. The molecule has 3 rings (SSSR count). The molecule has 1 unspecified atom stereocenters. The number of guanidine groups is 1. The lowest BCUT2D eigenvalue weighted by Gasteiger charge is -2.32. The highest BCUT2D eigenvalue weighted by Crippen LogP contribution is 2.19. The van der Waals surface area contributed by atoms with Gasteiger partial charge in [0.05, 0.1) is 19.8 Å². The molecule has 2 aromatic rings. The summed E-state index contributed by atoms with van der Waals surface area (Å²) in [6, 6.07) is 9.97. The Bertz CT molecular complexity index is 799. The maximum atomic E-state index is 13.0. The van der Waals surface area contributed by atoms with Crippen molar-refractivity contribution in [2.24, 2.45) is 4.99 Å². The summed E-state index contributed by atoms with van der Waals surface area (Å²) in [5, 5.41) is 6.70. The molecule has 0 bridgehead atoms. The van der Waals surface area contributed by atoms with Crippen LogP contribution in [0.5, 0.6) is 11.6 Å². The number of ether oxygens (including phenoxy) is 2. The first-order valence-electron chi connectivity index (χ1n) is 10.4. The molecule has 1 fully saturated rings. The van der Waals surface area contributed by atoms with Crippen LogP contribution < -0.4 is 15.4 Å². The van der Waals surface area contributed by atoms with Gasteiger partial charge in [-0.2, -0.15) is 0 Å². The highest BCUT2D eigenvalue weighted by Gasteiger charge is 2.17. The van der Waals surface area contributed by atoms with Gasteiger partial charge in [-0.1, -0.05) is 6.07 Å². The molecule has 0 amide bonds. The van der Waals surface area contributed by atoms with Gasteiger partial charge in [0.15, 0.2) is 5.96 Å². The van der Waals surface area contributed by atoms with E-state index in [1.165, 1.54) is 12.1 Å². The minimum Gasteiger partial charge on any atom is -0.439 e.